The van der Waals surface area contributed by atoms with Gasteiger partial charge >= 0.3 is 0 Å². The molecule has 0 amide bonds. The topological polar surface area (TPSA) is 75.4 Å². The summed E-state index contributed by atoms with van der Waals surface area (Å²) in [7, 11) is -3.63. The highest BCUT2D eigenvalue weighted by molar-refractivity contribution is 7.89. The molecule has 0 spiro atoms. The Labute approximate surface area is 146 Å². The molecular weight excluding hydrogens is 346 g/mol. The molecule has 1 fully saturated rings. The second-order valence-electron chi connectivity index (χ2n) is 6.73. The summed E-state index contributed by atoms with van der Waals surface area (Å²) in [6.45, 7) is 5.59. The number of aromatic nitrogens is 2. The van der Waals surface area contributed by atoms with Gasteiger partial charge in [-0.15, -0.1) is 0 Å². The summed E-state index contributed by atoms with van der Waals surface area (Å²) < 4.78 is 29.0. The number of aliphatic hydroxyl groups excluding tert-OH is 1. The van der Waals surface area contributed by atoms with E-state index in [4.69, 9.17) is 0 Å². The van der Waals surface area contributed by atoms with Crippen molar-refractivity contribution in [3.05, 3.63) is 34.9 Å². The molecular formula is C16H23N3O3S2. The zero-order chi connectivity index (χ0) is 17.3. The Hall–Kier alpha value is -1.22. The molecule has 132 valence electrons. The average Bonchev–Trinajstić information content (AvgIpc) is 3.26. The van der Waals surface area contributed by atoms with Crippen LogP contribution in [0.15, 0.2) is 34.4 Å². The molecule has 2 aromatic heterocycles. The molecule has 3 rings (SSSR count). The monoisotopic (exact) mass is 369 g/mol. The molecule has 0 saturated carbocycles. The quantitative estimate of drug-likeness (QED) is 0.845. The van der Waals surface area contributed by atoms with Crippen molar-refractivity contribution in [2.24, 2.45) is 11.8 Å². The van der Waals surface area contributed by atoms with Crippen LogP contribution in [0.3, 0.4) is 0 Å². The Kier molecular flexibility index (Phi) is 5.10. The van der Waals surface area contributed by atoms with Crippen LogP contribution in [0.5, 0.6) is 0 Å². The third-order valence-electron chi connectivity index (χ3n) is 4.40. The summed E-state index contributed by atoms with van der Waals surface area (Å²) in [5.74, 6) is 0.379. The third-order valence-corrected chi connectivity index (χ3v) is 6.82. The van der Waals surface area contributed by atoms with Crippen LogP contribution in [0.2, 0.25) is 0 Å². The minimum Gasteiger partial charge on any atom is -0.396 e. The van der Waals surface area contributed by atoms with E-state index in [1.165, 1.54) is 4.31 Å². The first-order chi connectivity index (χ1) is 11.4. The molecule has 1 aliphatic heterocycles. The average molecular weight is 370 g/mol. The van der Waals surface area contributed by atoms with E-state index in [9.17, 15) is 13.5 Å². The second kappa shape index (κ2) is 6.95. The largest absolute Gasteiger partial charge is 0.396 e. The normalized spacial score (nSPS) is 22.5. The Balaban J connectivity index is 1.81. The Morgan fingerprint density at radius 1 is 1.42 bits per heavy atom. The van der Waals surface area contributed by atoms with Crippen molar-refractivity contribution >= 4 is 21.4 Å². The van der Waals surface area contributed by atoms with Crippen LogP contribution < -0.4 is 0 Å². The van der Waals surface area contributed by atoms with Gasteiger partial charge in [0, 0.05) is 44.3 Å². The molecule has 1 aliphatic rings. The van der Waals surface area contributed by atoms with Crippen LogP contribution in [0.25, 0.3) is 0 Å². The van der Waals surface area contributed by atoms with Crippen LogP contribution in [-0.4, -0.2) is 47.1 Å². The number of hydrogen-bond donors (Lipinski definition) is 1. The maximum Gasteiger partial charge on any atom is 0.262 e. The summed E-state index contributed by atoms with van der Waals surface area (Å²) in [5.41, 5.74) is 1.10. The maximum atomic E-state index is 12.9. The van der Waals surface area contributed by atoms with E-state index in [-0.39, 0.29) is 23.5 Å². The van der Waals surface area contributed by atoms with E-state index in [0.717, 1.165) is 12.1 Å². The smallest absolute Gasteiger partial charge is 0.262 e. The Morgan fingerprint density at radius 3 is 2.83 bits per heavy atom. The fraction of sp³-hybridized carbons (Fsp3) is 0.562. The lowest BCUT2D eigenvalue weighted by Crippen LogP contribution is -2.29. The van der Waals surface area contributed by atoms with Gasteiger partial charge in [0.2, 0.25) is 0 Å². The van der Waals surface area contributed by atoms with Crippen LogP contribution in [-0.2, 0) is 16.6 Å². The fourth-order valence-electron chi connectivity index (χ4n) is 3.20. The SMILES string of the molecule is CC(C)Cn1cnc(S(=O)(=O)N2C[C@@H](CO)[C@@H](c3ccsc3)C2)c1. The molecule has 0 bridgehead atoms. The van der Waals surface area contributed by atoms with Gasteiger partial charge in [0.1, 0.15) is 0 Å². The van der Waals surface area contributed by atoms with Gasteiger partial charge in [-0.1, -0.05) is 13.8 Å². The number of nitrogens with zero attached hydrogens (tertiary/aromatic N) is 3. The van der Waals surface area contributed by atoms with Gasteiger partial charge in [0.15, 0.2) is 5.03 Å². The molecule has 2 aromatic rings. The lowest BCUT2D eigenvalue weighted by atomic mass is 9.92. The van der Waals surface area contributed by atoms with E-state index in [0.29, 0.717) is 19.0 Å². The highest BCUT2D eigenvalue weighted by Gasteiger charge is 2.40. The summed E-state index contributed by atoms with van der Waals surface area (Å²) in [6.07, 6.45) is 3.17. The molecule has 1 N–H and O–H groups in total. The van der Waals surface area contributed by atoms with Crippen molar-refractivity contribution in [2.75, 3.05) is 19.7 Å². The van der Waals surface area contributed by atoms with Crippen LogP contribution in [0, 0.1) is 11.8 Å². The zero-order valence-electron chi connectivity index (χ0n) is 13.9. The van der Waals surface area contributed by atoms with E-state index < -0.39 is 10.0 Å². The van der Waals surface area contributed by atoms with E-state index in [2.05, 4.69) is 18.8 Å². The molecule has 0 aromatic carbocycles. The highest BCUT2D eigenvalue weighted by atomic mass is 32.2. The van der Waals surface area contributed by atoms with E-state index in [1.54, 1.807) is 23.9 Å². The molecule has 2 atom stereocenters. The van der Waals surface area contributed by atoms with Gasteiger partial charge in [0.05, 0.1) is 6.33 Å². The summed E-state index contributed by atoms with van der Waals surface area (Å²) in [4.78, 5) is 4.10. The lowest BCUT2D eigenvalue weighted by Gasteiger charge is -2.14. The van der Waals surface area contributed by atoms with Crippen molar-refractivity contribution in [3.8, 4) is 0 Å². The minimum atomic E-state index is -3.63. The predicted octanol–water partition coefficient (Wildman–Crippen LogP) is 2.00. The van der Waals surface area contributed by atoms with E-state index >= 15 is 0 Å². The second-order valence-corrected chi connectivity index (χ2v) is 9.40. The molecule has 6 nitrogen and oxygen atoms in total. The van der Waals surface area contributed by atoms with Crippen LogP contribution >= 0.6 is 11.3 Å². The standard InChI is InChI=1S/C16H23N3O3S2/c1-12(2)5-18-8-16(17-11-18)24(21,22)19-6-14(9-20)15(7-19)13-3-4-23-10-13/h3-4,8,10-12,14-15,20H,5-7,9H2,1-2H3/t14-,15+/m0/s1. The van der Waals surface area contributed by atoms with E-state index in [1.807, 2.05) is 21.4 Å². The van der Waals surface area contributed by atoms with Crippen molar-refractivity contribution in [1.82, 2.24) is 13.9 Å². The van der Waals surface area contributed by atoms with Gasteiger partial charge in [-0.3, -0.25) is 0 Å². The zero-order valence-corrected chi connectivity index (χ0v) is 15.5. The molecule has 3 heterocycles. The van der Waals surface area contributed by atoms with Gasteiger partial charge in [-0.05, 0) is 28.3 Å². The number of imidazole rings is 1. The van der Waals surface area contributed by atoms with Crippen molar-refractivity contribution < 1.29 is 13.5 Å². The lowest BCUT2D eigenvalue weighted by molar-refractivity contribution is 0.223. The highest BCUT2D eigenvalue weighted by Crippen LogP contribution is 2.36. The van der Waals surface area contributed by atoms with Gasteiger partial charge < -0.3 is 9.67 Å². The van der Waals surface area contributed by atoms with Gasteiger partial charge in [0.25, 0.3) is 10.0 Å². The fourth-order valence-corrected chi connectivity index (χ4v) is 5.39. The summed E-state index contributed by atoms with van der Waals surface area (Å²) in [5, 5.41) is 13.8. The van der Waals surface area contributed by atoms with Crippen molar-refractivity contribution in [3.63, 3.8) is 0 Å². The molecule has 0 aliphatic carbocycles. The predicted molar refractivity (Wildman–Crippen MR) is 93.5 cm³/mol. The van der Waals surface area contributed by atoms with Crippen LogP contribution in [0.1, 0.15) is 25.3 Å². The van der Waals surface area contributed by atoms with Crippen molar-refractivity contribution in [2.45, 2.75) is 31.3 Å². The van der Waals surface area contributed by atoms with Crippen LogP contribution in [0.4, 0.5) is 0 Å². The summed E-state index contributed by atoms with van der Waals surface area (Å²) >= 11 is 1.59. The first-order valence-corrected chi connectivity index (χ1v) is 10.4. The molecule has 1 saturated heterocycles. The first-order valence-electron chi connectivity index (χ1n) is 8.06. The number of thiophene rings is 1. The number of hydrogen-bond acceptors (Lipinski definition) is 5. The molecule has 0 unspecified atom stereocenters. The first kappa shape index (κ1) is 17.6. The number of aliphatic hydroxyl groups is 1. The minimum absolute atomic E-state index is 0.0195. The van der Waals surface area contributed by atoms with Gasteiger partial charge in [-0.25, -0.2) is 13.4 Å². The number of rotatable bonds is 6. The third kappa shape index (κ3) is 3.42. The summed E-state index contributed by atoms with van der Waals surface area (Å²) in [6, 6.07) is 2.01. The molecule has 8 heteroatoms. The Bertz CT molecular complexity index is 768. The molecule has 24 heavy (non-hydrogen) atoms. The van der Waals surface area contributed by atoms with Crippen molar-refractivity contribution in [1.29, 1.82) is 0 Å². The number of sulfonamides is 1. The molecule has 0 radical (unpaired) electrons. The Morgan fingerprint density at radius 2 is 2.21 bits per heavy atom. The maximum absolute atomic E-state index is 12.9. The van der Waals surface area contributed by atoms with Gasteiger partial charge in [-0.2, -0.15) is 15.6 Å².